The monoisotopic (exact) mass is 188 g/mol. The summed E-state index contributed by atoms with van der Waals surface area (Å²) < 4.78 is 7.70. The second-order valence-electron chi connectivity index (χ2n) is 3.71. The van der Waals surface area contributed by atoms with Gasteiger partial charge in [-0.05, 0) is 12.1 Å². The van der Waals surface area contributed by atoms with Crippen molar-refractivity contribution in [1.82, 2.24) is 4.57 Å². The Balaban J connectivity index is 2.14. The van der Waals surface area contributed by atoms with Crippen LogP contribution in [-0.4, -0.2) is 11.6 Å². The summed E-state index contributed by atoms with van der Waals surface area (Å²) in [5.41, 5.74) is 2.53. The zero-order chi connectivity index (χ0) is 9.54. The minimum Gasteiger partial charge on any atom is -0.465 e. The van der Waals surface area contributed by atoms with Crippen LogP contribution in [-0.2, 0) is 13.1 Å². The first-order valence-corrected chi connectivity index (χ1v) is 4.76. The quantitative estimate of drug-likeness (QED) is 0.631. The Labute approximate surface area is 82.6 Å². The molecule has 0 spiro atoms. The van der Waals surface area contributed by atoms with E-state index in [-0.39, 0.29) is 0 Å². The largest absolute Gasteiger partial charge is 0.465 e. The Kier molecular flexibility index (Phi) is 1.48. The van der Waals surface area contributed by atoms with Crippen molar-refractivity contribution in [3.8, 4) is 0 Å². The molecular formula is C11H12N2O. The lowest BCUT2D eigenvalue weighted by Gasteiger charge is -2.14. The molecule has 1 aliphatic heterocycles. The van der Waals surface area contributed by atoms with Crippen molar-refractivity contribution < 1.29 is 4.42 Å². The van der Waals surface area contributed by atoms with Crippen LogP contribution < -0.4 is 4.90 Å². The predicted octanol–water partition coefficient (Wildman–Crippen LogP) is 2.08. The Morgan fingerprint density at radius 3 is 3.14 bits per heavy atom. The first-order valence-electron chi connectivity index (χ1n) is 4.76. The second kappa shape index (κ2) is 2.67. The molecule has 14 heavy (non-hydrogen) atoms. The maximum atomic E-state index is 5.47. The summed E-state index contributed by atoms with van der Waals surface area (Å²) in [6, 6.07) is 6.27. The highest BCUT2D eigenvalue weighted by molar-refractivity contribution is 5.50. The molecule has 72 valence electrons. The molecule has 0 saturated heterocycles. The standard InChI is InChI=1S/C11H12N2O/c1-12-7-9-3-2-5-13(9)8-11-10(12)4-6-14-11/h2-6H,7-8H2,1H3. The fraction of sp³-hybridized carbons (Fsp3) is 0.273. The van der Waals surface area contributed by atoms with Gasteiger partial charge in [-0.25, -0.2) is 0 Å². The molecular weight excluding hydrogens is 176 g/mol. The highest BCUT2D eigenvalue weighted by Gasteiger charge is 2.17. The van der Waals surface area contributed by atoms with E-state index in [2.05, 4.69) is 34.8 Å². The molecule has 3 heteroatoms. The Morgan fingerprint density at radius 2 is 2.21 bits per heavy atom. The molecule has 0 unspecified atom stereocenters. The van der Waals surface area contributed by atoms with E-state index in [1.54, 1.807) is 6.26 Å². The van der Waals surface area contributed by atoms with Crippen molar-refractivity contribution in [3.05, 3.63) is 42.1 Å². The summed E-state index contributed by atoms with van der Waals surface area (Å²) in [4.78, 5) is 2.22. The SMILES string of the molecule is CN1Cc2cccn2Cc2occc21. The van der Waals surface area contributed by atoms with E-state index < -0.39 is 0 Å². The van der Waals surface area contributed by atoms with Gasteiger partial charge in [0.05, 0.1) is 25.0 Å². The number of rotatable bonds is 0. The number of anilines is 1. The van der Waals surface area contributed by atoms with Gasteiger partial charge in [-0.3, -0.25) is 0 Å². The van der Waals surface area contributed by atoms with Crippen molar-refractivity contribution in [1.29, 1.82) is 0 Å². The van der Waals surface area contributed by atoms with Crippen LogP contribution in [0.15, 0.2) is 35.1 Å². The van der Waals surface area contributed by atoms with E-state index in [4.69, 9.17) is 4.42 Å². The first kappa shape index (κ1) is 7.74. The third kappa shape index (κ3) is 0.985. The lowest BCUT2D eigenvalue weighted by molar-refractivity contribution is 0.495. The van der Waals surface area contributed by atoms with Crippen molar-refractivity contribution in [2.45, 2.75) is 13.1 Å². The molecule has 0 aliphatic carbocycles. The number of nitrogens with zero attached hydrogens (tertiary/aromatic N) is 2. The van der Waals surface area contributed by atoms with Crippen LogP contribution in [0.3, 0.4) is 0 Å². The smallest absolute Gasteiger partial charge is 0.146 e. The number of fused-ring (bicyclic) bond motifs is 2. The minimum atomic E-state index is 0.842. The van der Waals surface area contributed by atoms with Crippen LogP contribution >= 0.6 is 0 Å². The minimum absolute atomic E-state index is 0.842. The average molecular weight is 188 g/mol. The van der Waals surface area contributed by atoms with Gasteiger partial charge in [-0.2, -0.15) is 0 Å². The van der Waals surface area contributed by atoms with Gasteiger partial charge < -0.3 is 13.9 Å². The summed E-state index contributed by atoms with van der Waals surface area (Å²) in [5, 5.41) is 0. The van der Waals surface area contributed by atoms with Gasteiger partial charge in [0.25, 0.3) is 0 Å². The van der Waals surface area contributed by atoms with E-state index in [1.165, 1.54) is 11.4 Å². The van der Waals surface area contributed by atoms with Crippen molar-refractivity contribution in [3.63, 3.8) is 0 Å². The van der Waals surface area contributed by atoms with E-state index in [0.717, 1.165) is 18.8 Å². The molecule has 2 aromatic heterocycles. The van der Waals surface area contributed by atoms with Crippen LogP contribution in [0, 0.1) is 0 Å². The van der Waals surface area contributed by atoms with Crippen LogP contribution in [0.25, 0.3) is 0 Å². The van der Waals surface area contributed by atoms with Gasteiger partial charge >= 0.3 is 0 Å². The Hall–Kier alpha value is -1.64. The summed E-state index contributed by atoms with van der Waals surface area (Å²) >= 11 is 0. The number of hydrogen-bond donors (Lipinski definition) is 0. The lowest BCUT2D eigenvalue weighted by atomic mass is 10.3. The second-order valence-corrected chi connectivity index (χ2v) is 3.71. The molecule has 0 saturated carbocycles. The molecule has 3 nitrogen and oxygen atoms in total. The van der Waals surface area contributed by atoms with Gasteiger partial charge in [-0.15, -0.1) is 0 Å². The van der Waals surface area contributed by atoms with Gasteiger partial charge in [0.15, 0.2) is 0 Å². The Morgan fingerprint density at radius 1 is 1.29 bits per heavy atom. The maximum absolute atomic E-state index is 5.47. The molecule has 0 amide bonds. The number of furan rings is 1. The zero-order valence-corrected chi connectivity index (χ0v) is 8.10. The normalized spacial score (nSPS) is 14.8. The third-order valence-corrected chi connectivity index (χ3v) is 2.77. The summed E-state index contributed by atoms with van der Waals surface area (Å²) in [6.07, 6.45) is 3.86. The van der Waals surface area contributed by atoms with E-state index in [0.29, 0.717) is 0 Å². The molecule has 0 fully saturated rings. The molecule has 0 aromatic carbocycles. The van der Waals surface area contributed by atoms with Gasteiger partial charge in [0, 0.05) is 25.0 Å². The van der Waals surface area contributed by atoms with Gasteiger partial charge in [0.2, 0.25) is 0 Å². The molecule has 1 aliphatic rings. The first-order chi connectivity index (χ1) is 6.84. The highest BCUT2D eigenvalue weighted by atomic mass is 16.3. The summed E-state index contributed by atoms with van der Waals surface area (Å²) in [6.45, 7) is 1.79. The topological polar surface area (TPSA) is 21.3 Å². The Bertz CT molecular complexity index is 455. The van der Waals surface area contributed by atoms with Crippen LogP contribution in [0.1, 0.15) is 11.5 Å². The molecule has 3 heterocycles. The van der Waals surface area contributed by atoms with Gasteiger partial charge in [-0.1, -0.05) is 0 Å². The number of aromatic nitrogens is 1. The summed E-state index contributed by atoms with van der Waals surface area (Å²) in [5.74, 6) is 1.04. The van der Waals surface area contributed by atoms with E-state index in [1.807, 2.05) is 6.07 Å². The number of hydrogen-bond acceptors (Lipinski definition) is 2. The lowest BCUT2D eigenvalue weighted by Crippen LogP contribution is -2.15. The molecule has 3 rings (SSSR count). The van der Waals surface area contributed by atoms with Crippen LogP contribution in [0.4, 0.5) is 5.69 Å². The fourth-order valence-electron chi connectivity index (χ4n) is 2.02. The average Bonchev–Trinajstić information content (AvgIpc) is 2.75. The zero-order valence-electron chi connectivity index (χ0n) is 8.10. The third-order valence-electron chi connectivity index (χ3n) is 2.77. The van der Waals surface area contributed by atoms with Gasteiger partial charge in [0.1, 0.15) is 5.76 Å². The van der Waals surface area contributed by atoms with Crippen LogP contribution in [0.2, 0.25) is 0 Å². The molecule has 0 radical (unpaired) electrons. The predicted molar refractivity (Wildman–Crippen MR) is 54.3 cm³/mol. The van der Waals surface area contributed by atoms with E-state index in [9.17, 15) is 0 Å². The van der Waals surface area contributed by atoms with Crippen LogP contribution in [0.5, 0.6) is 0 Å². The summed E-state index contributed by atoms with van der Waals surface area (Å²) in [7, 11) is 2.09. The van der Waals surface area contributed by atoms with Crippen molar-refractivity contribution in [2.75, 3.05) is 11.9 Å². The molecule has 0 atom stereocenters. The molecule has 2 aromatic rings. The fourth-order valence-corrected chi connectivity index (χ4v) is 2.02. The molecule has 0 bridgehead atoms. The maximum Gasteiger partial charge on any atom is 0.146 e. The molecule has 0 N–H and O–H groups in total. The van der Waals surface area contributed by atoms with Crippen molar-refractivity contribution in [2.24, 2.45) is 0 Å². The highest BCUT2D eigenvalue weighted by Crippen LogP contribution is 2.27. The van der Waals surface area contributed by atoms with Crippen molar-refractivity contribution >= 4 is 5.69 Å². The van der Waals surface area contributed by atoms with E-state index >= 15 is 0 Å².